The van der Waals surface area contributed by atoms with Crippen LogP contribution in [0.3, 0.4) is 0 Å². The van der Waals surface area contributed by atoms with Crippen molar-refractivity contribution in [1.82, 2.24) is 9.78 Å². The number of ether oxygens (including phenoxy) is 1. The van der Waals surface area contributed by atoms with E-state index >= 15 is 0 Å². The van der Waals surface area contributed by atoms with Crippen molar-refractivity contribution in [2.24, 2.45) is 5.73 Å². The number of hydrogen-bond donors (Lipinski definition) is 1. The van der Waals surface area contributed by atoms with E-state index in [4.69, 9.17) is 10.5 Å². The van der Waals surface area contributed by atoms with Gasteiger partial charge in [0, 0.05) is 6.54 Å². The molecule has 5 heteroatoms. The molecule has 2 aromatic rings. The lowest BCUT2D eigenvalue weighted by Gasteiger charge is -2.07. The van der Waals surface area contributed by atoms with Crippen molar-refractivity contribution in [3.63, 3.8) is 0 Å². The Hall–Kier alpha value is -1.33. The van der Waals surface area contributed by atoms with E-state index in [2.05, 4.69) is 21.0 Å². The van der Waals surface area contributed by atoms with Gasteiger partial charge in [-0.1, -0.05) is 6.07 Å². The van der Waals surface area contributed by atoms with Crippen molar-refractivity contribution >= 4 is 15.9 Å². The highest BCUT2D eigenvalue weighted by Crippen LogP contribution is 2.30. The Morgan fingerprint density at radius 2 is 2.28 bits per heavy atom. The molecule has 0 spiro atoms. The summed E-state index contributed by atoms with van der Waals surface area (Å²) in [4.78, 5) is 0. The van der Waals surface area contributed by atoms with Gasteiger partial charge in [-0.05, 0) is 53.5 Å². The van der Waals surface area contributed by atoms with Crippen molar-refractivity contribution in [1.29, 1.82) is 0 Å². The molecule has 96 valence electrons. The summed E-state index contributed by atoms with van der Waals surface area (Å²) < 4.78 is 8.52. The lowest BCUT2D eigenvalue weighted by molar-refractivity contribution is 0.478. The van der Waals surface area contributed by atoms with Gasteiger partial charge in [-0.2, -0.15) is 5.10 Å². The van der Waals surface area contributed by atoms with Crippen LogP contribution in [-0.2, 0) is 13.0 Å². The third kappa shape index (κ3) is 3.11. The van der Waals surface area contributed by atoms with E-state index in [9.17, 15) is 0 Å². The number of aryl methyl sites for hydroxylation is 1. The van der Waals surface area contributed by atoms with E-state index in [0.717, 1.165) is 28.9 Å². The minimum absolute atomic E-state index is 0.649. The summed E-state index contributed by atoms with van der Waals surface area (Å²) in [5.41, 5.74) is 6.73. The molecule has 0 saturated heterocycles. The maximum absolute atomic E-state index is 5.76. The number of benzene rings is 1. The number of nitrogens with zero attached hydrogens (tertiary/aromatic N) is 2. The third-order valence-electron chi connectivity index (χ3n) is 2.59. The first-order valence-electron chi connectivity index (χ1n) is 5.91. The zero-order valence-corrected chi connectivity index (χ0v) is 11.9. The first kappa shape index (κ1) is 13.1. The summed E-state index contributed by atoms with van der Waals surface area (Å²) in [6, 6.07) is 6.00. The van der Waals surface area contributed by atoms with Gasteiger partial charge in [-0.3, -0.25) is 4.68 Å². The summed E-state index contributed by atoms with van der Waals surface area (Å²) >= 11 is 3.51. The molecule has 0 fully saturated rings. The Bertz CT molecular complexity index is 525. The van der Waals surface area contributed by atoms with E-state index in [1.807, 2.05) is 36.0 Å². The number of rotatable bonds is 5. The summed E-state index contributed by atoms with van der Waals surface area (Å²) in [7, 11) is 0. The van der Waals surface area contributed by atoms with Gasteiger partial charge in [0.05, 0.1) is 16.9 Å². The van der Waals surface area contributed by atoms with E-state index in [0.29, 0.717) is 6.54 Å². The third-order valence-corrected chi connectivity index (χ3v) is 3.21. The van der Waals surface area contributed by atoms with Crippen LogP contribution >= 0.6 is 15.9 Å². The Morgan fingerprint density at radius 1 is 1.44 bits per heavy atom. The molecule has 0 aliphatic rings. The highest BCUT2D eigenvalue weighted by molar-refractivity contribution is 9.10. The zero-order chi connectivity index (χ0) is 13.0. The molecule has 2 rings (SSSR count). The van der Waals surface area contributed by atoms with Gasteiger partial charge in [-0.15, -0.1) is 0 Å². The number of hydrogen-bond acceptors (Lipinski definition) is 3. The average Bonchev–Trinajstić information content (AvgIpc) is 2.81. The van der Waals surface area contributed by atoms with Gasteiger partial charge in [0.25, 0.3) is 0 Å². The van der Waals surface area contributed by atoms with Crippen LogP contribution in [0.1, 0.15) is 12.5 Å². The molecular formula is C13H16BrN3O. The van der Waals surface area contributed by atoms with Crippen LogP contribution in [0, 0.1) is 0 Å². The molecule has 0 aliphatic carbocycles. The van der Waals surface area contributed by atoms with Crippen molar-refractivity contribution in [3.8, 4) is 11.5 Å². The highest BCUT2D eigenvalue weighted by Gasteiger charge is 2.05. The van der Waals surface area contributed by atoms with Crippen molar-refractivity contribution < 1.29 is 4.74 Å². The minimum atomic E-state index is 0.649. The van der Waals surface area contributed by atoms with Crippen LogP contribution in [0.5, 0.6) is 11.5 Å². The number of aromatic nitrogens is 2. The van der Waals surface area contributed by atoms with Crippen LogP contribution in [0.4, 0.5) is 0 Å². The van der Waals surface area contributed by atoms with Gasteiger partial charge >= 0.3 is 0 Å². The van der Waals surface area contributed by atoms with Crippen molar-refractivity contribution in [2.75, 3.05) is 6.54 Å². The monoisotopic (exact) mass is 309 g/mol. The van der Waals surface area contributed by atoms with Gasteiger partial charge < -0.3 is 10.5 Å². The van der Waals surface area contributed by atoms with Crippen molar-refractivity contribution in [2.45, 2.75) is 19.9 Å². The Morgan fingerprint density at radius 3 is 2.89 bits per heavy atom. The molecule has 2 N–H and O–H groups in total. The van der Waals surface area contributed by atoms with Gasteiger partial charge in [-0.25, -0.2) is 0 Å². The fourth-order valence-electron chi connectivity index (χ4n) is 1.65. The summed E-state index contributed by atoms with van der Waals surface area (Å²) in [6.07, 6.45) is 4.45. The molecule has 0 amide bonds. The molecule has 18 heavy (non-hydrogen) atoms. The maximum atomic E-state index is 5.76. The fourth-order valence-corrected chi connectivity index (χ4v) is 2.15. The Balaban J connectivity index is 2.13. The standard InChI is InChI=1S/C13H16BrN3O/c1-2-17-9-11(8-16-17)18-13-4-3-10(5-6-15)7-12(13)14/h3-4,7-9H,2,5-6,15H2,1H3. The van der Waals surface area contributed by atoms with Crippen LogP contribution < -0.4 is 10.5 Å². The van der Waals surface area contributed by atoms with E-state index < -0.39 is 0 Å². The van der Waals surface area contributed by atoms with Crippen LogP contribution in [0.2, 0.25) is 0 Å². The molecule has 1 aromatic heterocycles. The second kappa shape index (κ2) is 6.02. The molecule has 0 aliphatic heterocycles. The highest BCUT2D eigenvalue weighted by atomic mass is 79.9. The molecule has 1 aromatic carbocycles. The Labute approximate surface area is 115 Å². The van der Waals surface area contributed by atoms with Gasteiger partial charge in [0.1, 0.15) is 5.75 Å². The topological polar surface area (TPSA) is 53.1 Å². The number of nitrogens with two attached hydrogens (primary N) is 1. The summed E-state index contributed by atoms with van der Waals surface area (Å²) in [5, 5.41) is 4.17. The maximum Gasteiger partial charge on any atom is 0.165 e. The SMILES string of the molecule is CCn1cc(Oc2ccc(CCN)cc2Br)cn1. The lowest BCUT2D eigenvalue weighted by atomic mass is 10.1. The molecule has 0 bridgehead atoms. The predicted octanol–water partition coefficient (Wildman–Crippen LogP) is 2.96. The van der Waals surface area contributed by atoms with Crippen molar-refractivity contribution in [3.05, 3.63) is 40.6 Å². The van der Waals surface area contributed by atoms with E-state index in [-0.39, 0.29) is 0 Å². The van der Waals surface area contributed by atoms with Crippen LogP contribution in [0.15, 0.2) is 35.1 Å². The summed E-state index contributed by atoms with van der Waals surface area (Å²) in [6.45, 7) is 3.52. The van der Waals surface area contributed by atoms with Gasteiger partial charge in [0.2, 0.25) is 0 Å². The quantitative estimate of drug-likeness (QED) is 0.924. The predicted molar refractivity (Wildman–Crippen MR) is 74.9 cm³/mol. The summed E-state index contributed by atoms with van der Waals surface area (Å²) in [5.74, 6) is 1.52. The first-order chi connectivity index (χ1) is 8.72. The molecule has 0 radical (unpaired) electrons. The Kier molecular flexibility index (Phi) is 4.38. The largest absolute Gasteiger partial charge is 0.453 e. The molecule has 1 heterocycles. The zero-order valence-electron chi connectivity index (χ0n) is 10.3. The molecule has 0 saturated carbocycles. The number of halogens is 1. The molecule has 0 unspecified atom stereocenters. The fraction of sp³-hybridized carbons (Fsp3) is 0.308. The molecule has 0 atom stereocenters. The lowest BCUT2D eigenvalue weighted by Crippen LogP contribution is -2.02. The van der Waals surface area contributed by atoms with E-state index in [1.165, 1.54) is 5.56 Å². The molecular weight excluding hydrogens is 294 g/mol. The van der Waals surface area contributed by atoms with Crippen LogP contribution in [0.25, 0.3) is 0 Å². The van der Waals surface area contributed by atoms with Crippen LogP contribution in [-0.4, -0.2) is 16.3 Å². The first-order valence-corrected chi connectivity index (χ1v) is 6.71. The molecule has 4 nitrogen and oxygen atoms in total. The minimum Gasteiger partial charge on any atom is -0.453 e. The smallest absolute Gasteiger partial charge is 0.165 e. The normalized spacial score (nSPS) is 10.6. The van der Waals surface area contributed by atoms with E-state index in [1.54, 1.807) is 6.20 Å². The second-order valence-electron chi connectivity index (χ2n) is 3.94. The second-order valence-corrected chi connectivity index (χ2v) is 4.79. The average molecular weight is 310 g/mol. The van der Waals surface area contributed by atoms with Gasteiger partial charge in [0.15, 0.2) is 5.75 Å².